The molecule has 1 heterocycles. The third-order valence-corrected chi connectivity index (χ3v) is 4.04. The zero-order valence-corrected chi connectivity index (χ0v) is 18.9. The average molecular weight is 524 g/mol. The SMILES string of the molecule is CN=C(NCc1ccccc1OC(F)(F)F)NCc1ncc(C)c(OC)c1C.I. The number of halogens is 4. The molecular formula is C19H24F3IN4O2. The molecular weight excluding hydrogens is 500 g/mol. The van der Waals surface area contributed by atoms with Crippen LogP contribution in [0.25, 0.3) is 0 Å². The van der Waals surface area contributed by atoms with E-state index in [0.717, 1.165) is 22.6 Å². The summed E-state index contributed by atoms with van der Waals surface area (Å²) in [6.45, 7) is 4.31. The lowest BCUT2D eigenvalue weighted by molar-refractivity contribution is -0.274. The van der Waals surface area contributed by atoms with Gasteiger partial charge in [0.2, 0.25) is 0 Å². The number of alkyl halides is 3. The van der Waals surface area contributed by atoms with Crippen LogP contribution in [0.15, 0.2) is 35.5 Å². The summed E-state index contributed by atoms with van der Waals surface area (Å²) in [4.78, 5) is 8.48. The number of aryl methyl sites for hydroxylation is 1. The van der Waals surface area contributed by atoms with Crippen molar-refractivity contribution in [2.24, 2.45) is 4.99 Å². The fourth-order valence-electron chi connectivity index (χ4n) is 2.69. The van der Waals surface area contributed by atoms with Crippen LogP contribution in [0.3, 0.4) is 0 Å². The first-order chi connectivity index (χ1) is 13.2. The number of pyridine rings is 1. The van der Waals surface area contributed by atoms with Crippen molar-refractivity contribution in [3.63, 3.8) is 0 Å². The second-order valence-corrected chi connectivity index (χ2v) is 5.98. The predicted octanol–water partition coefficient (Wildman–Crippen LogP) is 4.09. The van der Waals surface area contributed by atoms with E-state index in [9.17, 15) is 13.2 Å². The molecule has 0 bridgehead atoms. The summed E-state index contributed by atoms with van der Waals surface area (Å²) in [5.41, 5.74) is 2.99. The smallest absolute Gasteiger partial charge is 0.496 e. The summed E-state index contributed by atoms with van der Waals surface area (Å²) in [6, 6.07) is 5.95. The van der Waals surface area contributed by atoms with Gasteiger partial charge >= 0.3 is 6.36 Å². The van der Waals surface area contributed by atoms with Crippen molar-refractivity contribution in [2.75, 3.05) is 14.2 Å². The molecule has 0 fully saturated rings. The van der Waals surface area contributed by atoms with Crippen molar-refractivity contribution in [1.29, 1.82) is 0 Å². The number of para-hydroxylation sites is 1. The van der Waals surface area contributed by atoms with E-state index in [2.05, 4.69) is 25.3 Å². The van der Waals surface area contributed by atoms with Crippen LogP contribution in [0.2, 0.25) is 0 Å². The Morgan fingerprint density at radius 3 is 2.41 bits per heavy atom. The maximum Gasteiger partial charge on any atom is 0.573 e. The molecule has 1 aromatic heterocycles. The van der Waals surface area contributed by atoms with Crippen molar-refractivity contribution < 1.29 is 22.6 Å². The van der Waals surface area contributed by atoms with Gasteiger partial charge < -0.3 is 20.1 Å². The zero-order chi connectivity index (χ0) is 20.7. The van der Waals surface area contributed by atoms with Gasteiger partial charge in [-0.25, -0.2) is 0 Å². The molecule has 160 valence electrons. The van der Waals surface area contributed by atoms with Gasteiger partial charge in [-0.2, -0.15) is 0 Å². The monoisotopic (exact) mass is 524 g/mol. The number of aromatic nitrogens is 1. The number of nitrogens with zero attached hydrogens (tertiary/aromatic N) is 2. The summed E-state index contributed by atoms with van der Waals surface area (Å²) in [6.07, 6.45) is -3.02. The van der Waals surface area contributed by atoms with E-state index in [1.165, 1.54) is 12.1 Å². The normalized spacial score (nSPS) is 11.5. The van der Waals surface area contributed by atoms with Crippen molar-refractivity contribution in [1.82, 2.24) is 15.6 Å². The molecule has 10 heteroatoms. The van der Waals surface area contributed by atoms with Gasteiger partial charge in [-0.05, 0) is 19.9 Å². The topological polar surface area (TPSA) is 67.8 Å². The number of aliphatic imine (C=N–C) groups is 1. The van der Waals surface area contributed by atoms with Crippen LogP contribution in [-0.2, 0) is 13.1 Å². The standard InChI is InChI=1S/C19H23F3N4O2.HI/c1-12-9-24-15(13(2)17(12)27-4)11-26-18(23-3)25-10-14-7-5-6-8-16(14)28-19(20,21)22;/h5-9H,10-11H2,1-4H3,(H2,23,25,26);1H. The zero-order valence-electron chi connectivity index (χ0n) is 16.6. The third kappa shape index (κ3) is 7.26. The van der Waals surface area contributed by atoms with Crippen molar-refractivity contribution in [2.45, 2.75) is 33.3 Å². The Bertz CT molecular complexity index is 845. The van der Waals surface area contributed by atoms with E-state index >= 15 is 0 Å². The summed E-state index contributed by atoms with van der Waals surface area (Å²) in [5.74, 6) is 0.939. The molecule has 0 aliphatic rings. The number of hydrogen-bond donors (Lipinski definition) is 2. The Labute approximate surface area is 184 Å². The number of benzene rings is 1. The van der Waals surface area contributed by atoms with Crippen LogP contribution >= 0.6 is 24.0 Å². The number of ether oxygens (including phenoxy) is 2. The predicted molar refractivity (Wildman–Crippen MR) is 116 cm³/mol. The number of hydrogen-bond acceptors (Lipinski definition) is 4. The van der Waals surface area contributed by atoms with E-state index < -0.39 is 6.36 Å². The van der Waals surface area contributed by atoms with Crippen LogP contribution in [0, 0.1) is 13.8 Å². The molecule has 1 aromatic carbocycles. The van der Waals surface area contributed by atoms with Crippen LogP contribution in [0.4, 0.5) is 13.2 Å². The number of rotatable bonds is 6. The van der Waals surface area contributed by atoms with Gasteiger partial charge in [0.05, 0.1) is 19.3 Å². The molecule has 6 nitrogen and oxygen atoms in total. The summed E-state index contributed by atoms with van der Waals surface area (Å²) < 4.78 is 47.0. The van der Waals surface area contributed by atoms with Crippen molar-refractivity contribution in [3.8, 4) is 11.5 Å². The highest BCUT2D eigenvalue weighted by Gasteiger charge is 2.31. The third-order valence-electron chi connectivity index (χ3n) is 4.04. The molecule has 0 aliphatic heterocycles. The van der Waals surface area contributed by atoms with Gasteiger partial charge in [0.25, 0.3) is 0 Å². The Kier molecular flexibility index (Phi) is 9.47. The van der Waals surface area contributed by atoms with Gasteiger partial charge in [-0.3, -0.25) is 9.98 Å². The quantitative estimate of drug-likeness (QED) is 0.339. The number of methoxy groups -OCH3 is 1. The first kappa shape index (κ1) is 24.8. The highest BCUT2D eigenvalue weighted by atomic mass is 127. The maximum absolute atomic E-state index is 12.5. The molecule has 2 aromatic rings. The number of guanidine groups is 1. The molecule has 0 saturated heterocycles. The van der Waals surface area contributed by atoms with Crippen molar-refractivity contribution in [3.05, 3.63) is 52.8 Å². The Hall–Kier alpha value is -2.24. The lowest BCUT2D eigenvalue weighted by Crippen LogP contribution is -2.36. The molecule has 2 N–H and O–H groups in total. The minimum atomic E-state index is -4.75. The van der Waals surface area contributed by atoms with Gasteiger partial charge in [0, 0.05) is 36.5 Å². The second-order valence-electron chi connectivity index (χ2n) is 5.98. The minimum absolute atomic E-state index is 0. The second kappa shape index (κ2) is 11.1. The molecule has 2 rings (SSSR count). The highest BCUT2D eigenvalue weighted by molar-refractivity contribution is 14.0. The average Bonchev–Trinajstić information content (AvgIpc) is 2.63. The Balaban J connectivity index is 0.00000420. The van der Waals surface area contributed by atoms with E-state index in [-0.39, 0.29) is 36.3 Å². The largest absolute Gasteiger partial charge is 0.573 e. The minimum Gasteiger partial charge on any atom is -0.496 e. The molecule has 29 heavy (non-hydrogen) atoms. The summed E-state index contributed by atoms with van der Waals surface area (Å²) >= 11 is 0. The van der Waals surface area contributed by atoms with E-state index in [1.54, 1.807) is 32.5 Å². The molecule has 0 radical (unpaired) electrons. The van der Waals surface area contributed by atoms with Crippen LogP contribution in [-0.4, -0.2) is 31.5 Å². The van der Waals surface area contributed by atoms with Gasteiger partial charge in [0.15, 0.2) is 5.96 Å². The Morgan fingerprint density at radius 2 is 1.79 bits per heavy atom. The van der Waals surface area contributed by atoms with Gasteiger partial charge in [-0.1, -0.05) is 18.2 Å². The maximum atomic E-state index is 12.5. The molecule has 0 saturated carbocycles. The lowest BCUT2D eigenvalue weighted by atomic mass is 10.1. The highest BCUT2D eigenvalue weighted by Crippen LogP contribution is 2.26. The summed E-state index contributed by atoms with van der Waals surface area (Å²) in [5, 5.41) is 6.07. The summed E-state index contributed by atoms with van der Waals surface area (Å²) in [7, 11) is 3.18. The molecule has 0 unspecified atom stereocenters. The molecule has 0 aliphatic carbocycles. The van der Waals surface area contributed by atoms with E-state index in [1.807, 2.05) is 13.8 Å². The fraction of sp³-hybridized carbons (Fsp3) is 0.368. The Morgan fingerprint density at radius 1 is 1.14 bits per heavy atom. The number of nitrogens with one attached hydrogen (secondary N) is 2. The van der Waals surface area contributed by atoms with E-state index in [4.69, 9.17) is 4.74 Å². The lowest BCUT2D eigenvalue weighted by Gasteiger charge is -2.16. The van der Waals surface area contributed by atoms with Crippen molar-refractivity contribution >= 4 is 29.9 Å². The molecule has 0 amide bonds. The first-order valence-electron chi connectivity index (χ1n) is 8.52. The molecule has 0 atom stereocenters. The van der Waals surface area contributed by atoms with Gasteiger partial charge in [-0.15, -0.1) is 37.1 Å². The van der Waals surface area contributed by atoms with Crippen LogP contribution in [0.5, 0.6) is 11.5 Å². The van der Waals surface area contributed by atoms with Crippen LogP contribution < -0.4 is 20.1 Å². The van der Waals surface area contributed by atoms with E-state index in [0.29, 0.717) is 18.1 Å². The molecule has 0 spiro atoms. The van der Waals surface area contributed by atoms with Crippen LogP contribution in [0.1, 0.15) is 22.4 Å². The van der Waals surface area contributed by atoms with Gasteiger partial charge in [0.1, 0.15) is 11.5 Å². The first-order valence-corrected chi connectivity index (χ1v) is 8.52. The fourth-order valence-corrected chi connectivity index (χ4v) is 2.69.